The second kappa shape index (κ2) is 9.97. The van der Waals surface area contributed by atoms with Gasteiger partial charge in [0, 0.05) is 12.4 Å². The summed E-state index contributed by atoms with van der Waals surface area (Å²) in [7, 11) is 1.96. The Morgan fingerprint density at radius 2 is 2.09 bits per heavy atom. The maximum atomic E-state index is 10.3. The molecule has 0 aliphatic rings. The van der Waals surface area contributed by atoms with Gasteiger partial charge in [0.1, 0.15) is 17.1 Å². The van der Waals surface area contributed by atoms with E-state index in [9.17, 15) is 4.79 Å². The zero-order chi connectivity index (χ0) is 17.1. The molecule has 0 radical (unpaired) electrons. The number of aromatic carboxylic acids is 1. The van der Waals surface area contributed by atoms with Crippen LogP contribution in [0.5, 0.6) is 11.5 Å². The van der Waals surface area contributed by atoms with Crippen LogP contribution in [0.3, 0.4) is 0 Å². The van der Waals surface area contributed by atoms with Crippen molar-refractivity contribution in [1.29, 1.82) is 0 Å². The molecule has 0 saturated heterocycles. The number of nitrogens with one attached hydrogen (secondary N) is 1. The van der Waals surface area contributed by atoms with E-state index in [4.69, 9.17) is 15.3 Å². The third-order valence-electron chi connectivity index (χ3n) is 2.77. The van der Waals surface area contributed by atoms with Gasteiger partial charge in [-0.05, 0) is 49.8 Å². The molecule has 0 aliphatic heterocycles. The minimum absolute atomic E-state index is 0.180. The first-order chi connectivity index (χ1) is 11.0. The van der Waals surface area contributed by atoms with E-state index in [1.165, 1.54) is 6.07 Å². The van der Waals surface area contributed by atoms with Crippen molar-refractivity contribution in [2.75, 3.05) is 13.6 Å². The molecule has 0 bridgehead atoms. The molecule has 2 aromatic rings. The van der Waals surface area contributed by atoms with Gasteiger partial charge in [-0.2, -0.15) is 0 Å². The van der Waals surface area contributed by atoms with Crippen LogP contribution in [-0.2, 0) is 0 Å². The van der Waals surface area contributed by atoms with Crippen molar-refractivity contribution in [3.05, 3.63) is 59.9 Å². The summed E-state index contributed by atoms with van der Waals surface area (Å²) in [6, 6.07) is 7.30. The van der Waals surface area contributed by atoms with E-state index in [0.717, 1.165) is 30.7 Å². The first-order valence-electron chi connectivity index (χ1n) is 7.01. The first kappa shape index (κ1) is 18.2. The SMILES string of the molecule is CNCC/C=C/c1cccnc1.O=C(O)c1cc(O)ccc1O. The molecule has 1 aromatic carbocycles. The quantitative estimate of drug-likeness (QED) is 0.499. The first-order valence-corrected chi connectivity index (χ1v) is 7.01. The maximum Gasteiger partial charge on any atom is 0.339 e. The molecule has 0 spiro atoms. The summed E-state index contributed by atoms with van der Waals surface area (Å²) in [6.45, 7) is 1.02. The third-order valence-corrected chi connectivity index (χ3v) is 2.77. The highest BCUT2D eigenvalue weighted by molar-refractivity contribution is 5.91. The summed E-state index contributed by atoms with van der Waals surface area (Å²) in [5.41, 5.74) is 0.860. The van der Waals surface area contributed by atoms with E-state index in [1.807, 2.05) is 25.4 Å². The third kappa shape index (κ3) is 7.10. The lowest BCUT2D eigenvalue weighted by Gasteiger charge is -1.98. The van der Waals surface area contributed by atoms with Crippen LogP contribution in [0.2, 0.25) is 0 Å². The number of phenolic OH excluding ortho intramolecular Hbond substituents is 1. The topological polar surface area (TPSA) is 103 Å². The van der Waals surface area contributed by atoms with Crippen molar-refractivity contribution in [3.8, 4) is 11.5 Å². The van der Waals surface area contributed by atoms with Gasteiger partial charge in [0.05, 0.1) is 0 Å². The number of carboxylic acids is 1. The number of hydrogen-bond acceptors (Lipinski definition) is 5. The van der Waals surface area contributed by atoms with Crippen molar-refractivity contribution < 1.29 is 20.1 Å². The zero-order valence-electron chi connectivity index (χ0n) is 12.8. The van der Waals surface area contributed by atoms with Crippen molar-refractivity contribution in [2.24, 2.45) is 0 Å². The van der Waals surface area contributed by atoms with Crippen LogP contribution >= 0.6 is 0 Å². The van der Waals surface area contributed by atoms with Gasteiger partial charge >= 0.3 is 5.97 Å². The molecule has 6 nitrogen and oxygen atoms in total. The van der Waals surface area contributed by atoms with Gasteiger partial charge in [0.15, 0.2) is 0 Å². The molecule has 1 aromatic heterocycles. The monoisotopic (exact) mass is 316 g/mol. The van der Waals surface area contributed by atoms with Gasteiger partial charge < -0.3 is 20.6 Å². The largest absolute Gasteiger partial charge is 0.508 e. The second-order valence-corrected chi connectivity index (χ2v) is 4.59. The van der Waals surface area contributed by atoms with E-state index in [0.29, 0.717) is 0 Å². The van der Waals surface area contributed by atoms with Gasteiger partial charge in [0.2, 0.25) is 0 Å². The number of aromatic nitrogens is 1. The number of benzene rings is 1. The van der Waals surface area contributed by atoms with Crippen LogP contribution in [0, 0.1) is 0 Å². The van der Waals surface area contributed by atoms with Crippen molar-refractivity contribution in [1.82, 2.24) is 10.3 Å². The van der Waals surface area contributed by atoms with Crippen LogP contribution in [0.4, 0.5) is 0 Å². The number of aromatic hydroxyl groups is 2. The molecule has 0 fully saturated rings. The van der Waals surface area contributed by atoms with E-state index in [-0.39, 0.29) is 17.1 Å². The minimum atomic E-state index is -1.27. The molecule has 0 unspecified atom stereocenters. The van der Waals surface area contributed by atoms with Gasteiger partial charge in [-0.15, -0.1) is 0 Å². The molecule has 23 heavy (non-hydrogen) atoms. The molecule has 0 amide bonds. The average Bonchev–Trinajstić information content (AvgIpc) is 2.55. The van der Waals surface area contributed by atoms with Crippen LogP contribution in [0.15, 0.2) is 48.8 Å². The smallest absolute Gasteiger partial charge is 0.339 e. The number of rotatable bonds is 5. The predicted octanol–water partition coefficient (Wildman–Crippen LogP) is 2.50. The molecule has 2 rings (SSSR count). The minimum Gasteiger partial charge on any atom is -0.508 e. The predicted molar refractivity (Wildman–Crippen MR) is 88.5 cm³/mol. The fourth-order valence-electron chi connectivity index (χ4n) is 1.62. The Hall–Kier alpha value is -2.86. The Labute approximate surface area is 134 Å². The van der Waals surface area contributed by atoms with Crippen LogP contribution in [0.1, 0.15) is 22.3 Å². The maximum absolute atomic E-state index is 10.3. The Bertz CT molecular complexity index is 642. The molecule has 4 N–H and O–H groups in total. The van der Waals surface area contributed by atoms with Gasteiger partial charge in [0.25, 0.3) is 0 Å². The molecule has 0 atom stereocenters. The lowest BCUT2D eigenvalue weighted by Crippen LogP contribution is -2.05. The Morgan fingerprint density at radius 3 is 2.65 bits per heavy atom. The zero-order valence-corrected chi connectivity index (χ0v) is 12.8. The van der Waals surface area contributed by atoms with Gasteiger partial charge in [-0.25, -0.2) is 4.79 Å². The highest BCUT2D eigenvalue weighted by Crippen LogP contribution is 2.21. The van der Waals surface area contributed by atoms with Crippen LogP contribution < -0.4 is 5.32 Å². The number of phenols is 2. The van der Waals surface area contributed by atoms with Crippen molar-refractivity contribution in [3.63, 3.8) is 0 Å². The Kier molecular flexibility index (Phi) is 7.88. The van der Waals surface area contributed by atoms with Gasteiger partial charge in [-0.3, -0.25) is 4.98 Å². The fraction of sp³-hybridized carbons (Fsp3) is 0.176. The lowest BCUT2D eigenvalue weighted by atomic mass is 10.2. The van der Waals surface area contributed by atoms with Crippen LogP contribution in [0.25, 0.3) is 6.08 Å². The lowest BCUT2D eigenvalue weighted by molar-refractivity contribution is 0.0693. The number of pyridine rings is 1. The molecule has 0 aliphatic carbocycles. The van der Waals surface area contributed by atoms with E-state index >= 15 is 0 Å². The van der Waals surface area contributed by atoms with E-state index in [2.05, 4.69) is 22.5 Å². The summed E-state index contributed by atoms with van der Waals surface area (Å²) in [6.07, 6.45) is 8.93. The molecule has 122 valence electrons. The highest BCUT2D eigenvalue weighted by Gasteiger charge is 2.08. The number of carboxylic acid groups (broad SMARTS) is 1. The molecular weight excluding hydrogens is 296 g/mol. The molecule has 6 heteroatoms. The number of hydrogen-bond donors (Lipinski definition) is 4. The van der Waals surface area contributed by atoms with Crippen molar-refractivity contribution >= 4 is 12.0 Å². The number of nitrogens with zero attached hydrogens (tertiary/aromatic N) is 1. The Morgan fingerprint density at radius 1 is 1.30 bits per heavy atom. The van der Waals surface area contributed by atoms with Gasteiger partial charge in [-0.1, -0.05) is 18.2 Å². The fourth-order valence-corrected chi connectivity index (χ4v) is 1.62. The average molecular weight is 316 g/mol. The standard InChI is InChI=1S/C10H14N2.C7H6O4/c1-11-7-3-2-5-10-6-4-8-12-9-10;8-4-1-2-6(9)5(3-4)7(10)11/h2,4-6,8-9,11H,3,7H2,1H3;1-3,8-9H,(H,10,11)/b5-2+;. The normalized spacial score (nSPS) is 10.1. The highest BCUT2D eigenvalue weighted by atomic mass is 16.4. The number of carbonyl (C=O) groups is 1. The summed E-state index contributed by atoms with van der Waals surface area (Å²) in [5, 5.41) is 29.2. The summed E-state index contributed by atoms with van der Waals surface area (Å²) in [5.74, 6) is -1.80. The van der Waals surface area contributed by atoms with E-state index < -0.39 is 5.97 Å². The molecule has 1 heterocycles. The Balaban J connectivity index is 0.000000231. The summed E-state index contributed by atoms with van der Waals surface area (Å²) < 4.78 is 0. The van der Waals surface area contributed by atoms with E-state index in [1.54, 1.807) is 6.20 Å². The molecule has 0 saturated carbocycles. The molecular formula is C17H20N2O4. The second-order valence-electron chi connectivity index (χ2n) is 4.59. The summed E-state index contributed by atoms with van der Waals surface area (Å²) >= 11 is 0. The van der Waals surface area contributed by atoms with Crippen LogP contribution in [-0.4, -0.2) is 39.9 Å². The summed E-state index contributed by atoms with van der Waals surface area (Å²) in [4.78, 5) is 14.3. The van der Waals surface area contributed by atoms with Crippen molar-refractivity contribution in [2.45, 2.75) is 6.42 Å².